The van der Waals surface area contributed by atoms with Gasteiger partial charge in [-0.25, -0.2) is 4.57 Å². The van der Waals surface area contributed by atoms with E-state index in [-0.39, 0.29) is 13.0 Å². The van der Waals surface area contributed by atoms with Gasteiger partial charge in [-0.1, -0.05) is 258 Å². The molecule has 0 bridgehead atoms. The number of esters is 1. The molecule has 1 aliphatic carbocycles. The molecule has 0 radical (unpaired) electrons. The second kappa shape index (κ2) is 45.2. The Hall–Kier alpha value is -0.660. The maximum atomic E-state index is 12.9. The topological polar surface area (TPSA) is 192 Å². The summed E-state index contributed by atoms with van der Waals surface area (Å²) in [6, 6.07) is 0. The normalized spacial score (nSPS) is 21.1. The van der Waals surface area contributed by atoms with Crippen LogP contribution in [0.3, 0.4) is 0 Å². The SMILES string of the molecule is CCCCCCCCCCCCCCCCCCCCCCCCOCC(COP(=O)(O)OC1C(O)C(O)C(O)C(O)C1O)OC(=O)CCCCCCCCCCCCCCCCCCCC. The maximum Gasteiger partial charge on any atom is 0.472 e. The van der Waals surface area contributed by atoms with Gasteiger partial charge in [0.25, 0.3) is 0 Å². The van der Waals surface area contributed by atoms with E-state index in [1.165, 1.54) is 212 Å². The molecule has 0 heterocycles. The van der Waals surface area contributed by atoms with Crippen LogP contribution >= 0.6 is 7.82 Å². The van der Waals surface area contributed by atoms with E-state index >= 15 is 0 Å². The van der Waals surface area contributed by atoms with Crippen LogP contribution in [0.1, 0.15) is 277 Å². The summed E-state index contributed by atoms with van der Waals surface area (Å²) in [7, 11) is -5.02. The van der Waals surface area contributed by atoms with Crippen molar-refractivity contribution in [1.29, 1.82) is 0 Å². The van der Waals surface area contributed by atoms with E-state index in [9.17, 15) is 39.8 Å². The fourth-order valence-electron chi connectivity index (χ4n) is 9.24. The number of hydrogen-bond acceptors (Lipinski definition) is 11. The van der Waals surface area contributed by atoms with Gasteiger partial charge in [-0.2, -0.15) is 0 Å². The Kier molecular flexibility index (Phi) is 43.4. The first-order valence-corrected chi connectivity index (χ1v) is 29.9. The van der Waals surface area contributed by atoms with Crippen LogP contribution in [-0.4, -0.2) is 98.9 Å². The van der Waals surface area contributed by atoms with Gasteiger partial charge in [0.15, 0.2) is 0 Å². The number of unbranched alkanes of at least 4 members (excludes halogenated alkanes) is 38. The first kappa shape index (κ1) is 64.4. The minimum absolute atomic E-state index is 0.0670. The second-order valence-electron chi connectivity index (χ2n) is 20.2. The minimum atomic E-state index is -5.02. The van der Waals surface area contributed by atoms with Crippen LogP contribution in [0, 0.1) is 0 Å². The van der Waals surface area contributed by atoms with Crippen LogP contribution in [0.15, 0.2) is 0 Å². The molecular formula is C54H107O12P. The van der Waals surface area contributed by atoms with Crippen molar-refractivity contribution in [2.75, 3.05) is 19.8 Å². The summed E-state index contributed by atoms with van der Waals surface area (Å²) in [5.41, 5.74) is 0. The lowest BCUT2D eigenvalue weighted by atomic mass is 9.85. The smallest absolute Gasteiger partial charge is 0.457 e. The van der Waals surface area contributed by atoms with Crippen molar-refractivity contribution in [3.05, 3.63) is 0 Å². The molecule has 0 aromatic carbocycles. The zero-order valence-electron chi connectivity index (χ0n) is 43.2. The molecule has 0 amide bonds. The predicted molar refractivity (Wildman–Crippen MR) is 272 cm³/mol. The van der Waals surface area contributed by atoms with Gasteiger partial charge in [-0.15, -0.1) is 0 Å². The zero-order chi connectivity index (χ0) is 49.1. The number of phosphoric acid groups is 1. The molecule has 1 fully saturated rings. The van der Waals surface area contributed by atoms with E-state index in [1.807, 2.05) is 0 Å². The van der Waals surface area contributed by atoms with Crippen molar-refractivity contribution >= 4 is 13.8 Å². The van der Waals surface area contributed by atoms with Crippen LogP contribution in [0.5, 0.6) is 0 Å². The van der Waals surface area contributed by atoms with E-state index < -0.39 is 63.1 Å². The van der Waals surface area contributed by atoms with Crippen LogP contribution in [0.4, 0.5) is 0 Å². The van der Waals surface area contributed by atoms with Crippen LogP contribution in [0.25, 0.3) is 0 Å². The summed E-state index contributed by atoms with van der Waals surface area (Å²) < 4.78 is 34.4. The van der Waals surface area contributed by atoms with Gasteiger partial charge >= 0.3 is 13.8 Å². The average Bonchev–Trinajstić information content (AvgIpc) is 3.31. The van der Waals surface area contributed by atoms with Gasteiger partial charge in [0.2, 0.25) is 0 Å². The first-order valence-electron chi connectivity index (χ1n) is 28.4. The molecule has 0 spiro atoms. The molecule has 400 valence electrons. The first-order chi connectivity index (χ1) is 32.5. The fourth-order valence-corrected chi connectivity index (χ4v) is 10.2. The van der Waals surface area contributed by atoms with E-state index in [4.69, 9.17) is 18.5 Å². The lowest BCUT2D eigenvalue weighted by Gasteiger charge is -2.41. The van der Waals surface area contributed by atoms with Gasteiger partial charge in [-0.05, 0) is 12.8 Å². The third-order valence-electron chi connectivity index (χ3n) is 13.7. The molecule has 67 heavy (non-hydrogen) atoms. The Balaban J connectivity index is 2.27. The van der Waals surface area contributed by atoms with Crippen LogP contribution in [0.2, 0.25) is 0 Å². The lowest BCUT2D eigenvalue weighted by Crippen LogP contribution is -2.64. The van der Waals surface area contributed by atoms with Gasteiger partial charge in [0.1, 0.15) is 42.7 Å². The van der Waals surface area contributed by atoms with Crippen molar-refractivity contribution in [3.63, 3.8) is 0 Å². The van der Waals surface area contributed by atoms with Crippen molar-refractivity contribution in [2.24, 2.45) is 0 Å². The molecule has 0 aromatic heterocycles. The molecule has 13 heteroatoms. The summed E-state index contributed by atoms with van der Waals surface area (Å²) >= 11 is 0. The Morgan fingerprint density at radius 1 is 0.418 bits per heavy atom. The molecule has 6 N–H and O–H groups in total. The lowest BCUT2D eigenvalue weighted by molar-refractivity contribution is -0.220. The summed E-state index contributed by atoms with van der Waals surface area (Å²) in [5.74, 6) is -0.468. The molecule has 1 saturated carbocycles. The summed E-state index contributed by atoms with van der Waals surface area (Å²) in [4.78, 5) is 23.3. The molecule has 1 aliphatic rings. The quantitative estimate of drug-likeness (QED) is 0.0192. The van der Waals surface area contributed by atoms with Gasteiger partial charge in [0, 0.05) is 13.0 Å². The molecule has 12 nitrogen and oxygen atoms in total. The highest BCUT2D eigenvalue weighted by Crippen LogP contribution is 2.47. The number of hydrogen-bond donors (Lipinski definition) is 6. The highest BCUT2D eigenvalue weighted by Gasteiger charge is 2.51. The van der Waals surface area contributed by atoms with E-state index in [1.54, 1.807) is 0 Å². The summed E-state index contributed by atoms with van der Waals surface area (Å²) in [6.07, 6.45) is 38.9. The van der Waals surface area contributed by atoms with Crippen molar-refractivity contribution < 1.29 is 58.3 Å². The van der Waals surface area contributed by atoms with Crippen LogP contribution < -0.4 is 0 Å². The molecule has 6 unspecified atom stereocenters. The third kappa shape index (κ3) is 36.9. The van der Waals surface area contributed by atoms with Crippen LogP contribution in [-0.2, 0) is 27.9 Å². The Morgan fingerprint density at radius 2 is 0.701 bits per heavy atom. The number of phosphoric ester groups is 1. The monoisotopic (exact) mass is 979 g/mol. The largest absolute Gasteiger partial charge is 0.472 e. The zero-order valence-corrected chi connectivity index (χ0v) is 44.1. The molecule has 0 saturated heterocycles. The minimum Gasteiger partial charge on any atom is -0.457 e. The van der Waals surface area contributed by atoms with E-state index in [0.29, 0.717) is 13.0 Å². The number of carbonyl (C=O) groups is 1. The number of ether oxygens (including phenoxy) is 2. The highest BCUT2D eigenvalue weighted by molar-refractivity contribution is 7.47. The van der Waals surface area contributed by atoms with Crippen molar-refractivity contribution in [3.8, 4) is 0 Å². The highest BCUT2D eigenvalue weighted by atomic mass is 31.2. The molecule has 0 aliphatic heterocycles. The standard InChI is InChI=1S/C54H107O12P/c1-3-5-7-9-11-13-15-17-19-21-23-24-25-26-28-30-32-34-36-38-40-42-44-63-45-47(46-64-67(61,62)66-54-52(59)50(57)49(56)51(58)53(54)60)65-48(55)43-41-39-37-35-33-31-29-27-22-20-18-16-14-12-10-8-6-4-2/h47,49-54,56-60H,3-46H2,1-2H3,(H,61,62). The summed E-state index contributed by atoms with van der Waals surface area (Å²) in [5, 5.41) is 50.4. The molecule has 0 aromatic rings. The van der Waals surface area contributed by atoms with Gasteiger partial charge in [-0.3, -0.25) is 13.8 Å². The van der Waals surface area contributed by atoms with Gasteiger partial charge < -0.3 is 39.9 Å². The molecule has 6 atom stereocenters. The Morgan fingerprint density at radius 3 is 1.03 bits per heavy atom. The Bertz CT molecular complexity index is 1120. The number of aliphatic hydroxyl groups is 5. The van der Waals surface area contributed by atoms with E-state index in [0.717, 1.165) is 38.5 Å². The third-order valence-corrected chi connectivity index (χ3v) is 14.7. The number of aliphatic hydroxyl groups excluding tert-OH is 5. The number of rotatable bonds is 50. The predicted octanol–water partition coefficient (Wildman–Crippen LogP) is 13.3. The Labute approximate surface area is 410 Å². The van der Waals surface area contributed by atoms with E-state index in [2.05, 4.69) is 13.8 Å². The second-order valence-corrected chi connectivity index (χ2v) is 21.6. The van der Waals surface area contributed by atoms with Gasteiger partial charge in [0.05, 0.1) is 13.2 Å². The molecular weight excluding hydrogens is 872 g/mol. The summed E-state index contributed by atoms with van der Waals surface area (Å²) in [6.45, 7) is 4.34. The fraction of sp³-hybridized carbons (Fsp3) is 0.981. The average molecular weight is 979 g/mol. The maximum absolute atomic E-state index is 12.9. The molecule has 1 rings (SSSR count). The number of carbonyl (C=O) groups excluding carboxylic acids is 1. The van der Waals surface area contributed by atoms with Crippen molar-refractivity contribution in [1.82, 2.24) is 0 Å². The van der Waals surface area contributed by atoms with Crippen molar-refractivity contribution in [2.45, 2.75) is 320 Å².